The average Bonchev–Trinajstić information content (AvgIpc) is 3.09. The van der Waals surface area contributed by atoms with Crippen molar-refractivity contribution in [1.82, 2.24) is 15.2 Å². The number of nitrogens with two attached hydrogens (primary N) is 1. The fourth-order valence-corrected chi connectivity index (χ4v) is 3.44. The number of aromatic amines is 1. The van der Waals surface area contributed by atoms with Gasteiger partial charge < -0.3 is 10.6 Å². The zero-order valence-electron chi connectivity index (χ0n) is 11.9. The smallest absolute Gasteiger partial charge is 0.244 e. The number of H-pyrrole nitrogens is 1. The van der Waals surface area contributed by atoms with E-state index in [2.05, 4.69) is 22.0 Å². The van der Waals surface area contributed by atoms with E-state index in [1.165, 1.54) is 38.5 Å². The van der Waals surface area contributed by atoms with Crippen molar-refractivity contribution in [1.29, 1.82) is 0 Å². The van der Waals surface area contributed by atoms with Gasteiger partial charge in [0.1, 0.15) is 5.82 Å². The third-order valence-corrected chi connectivity index (χ3v) is 4.79. The van der Waals surface area contributed by atoms with Crippen molar-refractivity contribution in [3.8, 4) is 0 Å². The molecule has 1 saturated carbocycles. The summed E-state index contributed by atoms with van der Waals surface area (Å²) in [6.45, 7) is 5.04. The van der Waals surface area contributed by atoms with Crippen molar-refractivity contribution >= 4 is 5.95 Å². The molecule has 1 atom stereocenters. The summed E-state index contributed by atoms with van der Waals surface area (Å²) >= 11 is 0. The molecule has 1 aliphatic heterocycles. The van der Waals surface area contributed by atoms with Crippen LogP contribution in [0.5, 0.6) is 0 Å². The molecule has 1 saturated heterocycles. The first-order valence-electron chi connectivity index (χ1n) is 7.57. The van der Waals surface area contributed by atoms with Crippen molar-refractivity contribution in [3.63, 3.8) is 0 Å². The number of hydrogen-bond donors (Lipinski definition) is 2. The van der Waals surface area contributed by atoms with E-state index >= 15 is 0 Å². The van der Waals surface area contributed by atoms with Crippen LogP contribution in [0.25, 0.3) is 0 Å². The number of aromatic nitrogens is 3. The van der Waals surface area contributed by atoms with Crippen molar-refractivity contribution in [2.45, 2.75) is 51.4 Å². The first-order valence-corrected chi connectivity index (χ1v) is 7.57. The van der Waals surface area contributed by atoms with Gasteiger partial charge in [0.2, 0.25) is 5.95 Å². The monoisotopic (exact) mass is 263 g/mol. The highest BCUT2D eigenvalue weighted by Crippen LogP contribution is 2.34. The standard InChI is InChI=1S/C14H25N5/c1-14(9-15)7-4-8-19(10-14)13-16-12(17-18-13)11-5-2-3-6-11/h11H,2-10,15H2,1H3,(H,16,17,18). The summed E-state index contributed by atoms with van der Waals surface area (Å²) in [4.78, 5) is 7.03. The van der Waals surface area contributed by atoms with Crippen molar-refractivity contribution < 1.29 is 0 Å². The van der Waals surface area contributed by atoms with Gasteiger partial charge in [0.05, 0.1) is 0 Å². The molecule has 3 rings (SSSR count). The van der Waals surface area contributed by atoms with Crippen LogP contribution in [0, 0.1) is 5.41 Å². The maximum absolute atomic E-state index is 5.91. The van der Waals surface area contributed by atoms with Crippen LogP contribution in [0.3, 0.4) is 0 Å². The molecular weight excluding hydrogens is 238 g/mol. The summed E-state index contributed by atoms with van der Waals surface area (Å²) in [7, 11) is 0. The van der Waals surface area contributed by atoms with E-state index in [9.17, 15) is 0 Å². The minimum absolute atomic E-state index is 0.215. The molecule has 1 unspecified atom stereocenters. The molecule has 1 aliphatic carbocycles. The van der Waals surface area contributed by atoms with Gasteiger partial charge in [-0.2, -0.15) is 4.98 Å². The van der Waals surface area contributed by atoms with Crippen LogP contribution in [-0.4, -0.2) is 34.8 Å². The zero-order valence-corrected chi connectivity index (χ0v) is 11.9. The topological polar surface area (TPSA) is 70.8 Å². The minimum atomic E-state index is 0.215. The van der Waals surface area contributed by atoms with E-state index in [1.807, 2.05) is 0 Å². The van der Waals surface area contributed by atoms with Crippen LogP contribution in [-0.2, 0) is 0 Å². The number of piperidine rings is 1. The summed E-state index contributed by atoms with van der Waals surface area (Å²) in [5.74, 6) is 2.57. The fourth-order valence-electron chi connectivity index (χ4n) is 3.44. The molecule has 0 amide bonds. The number of anilines is 1. The van der Waals surface area contributed by atoms with E-state index in [1.54, 1.807) is 0 Å². The van der Waals surface area contributed by atoms with Crippen LogP contribution in [0.4, 0.5) is 5.95 Å². The van der Waals surface area contributed by atoms with Gasteiger partial charge in [0.25, 0.3) is 0 Å². The Kier molecular flexibility index (Phi) is 3.48. The second-order valence-corrected chi connectivity index (χ2v) is 6.54. The lowest BCUT2D eigenvalue weighted by Crippen LogP contribution is -2.46. The summed E-state index contributed by atoms with van der Waals surface area (Å²) < 4.78 is 0. The predicted octanol–water partition coefficient (Wildman–Crippen LogP) is 2.03. The zero-order chi connectivity index (χ0) is 13.3. The molecule has 3 N–H and O–H groups in total. The maximum atomic E-state index is 5.91. The van der Waals surface area contributed by atoms with E-state index < -0.39 is 0 Å². The number of nitrogens with zero attached hydrogens (tertiary/aromatic N) is 3. The minimum Gasteiger partial charge on any atom is -0.339 e. The second kappa shape index (κ2) is 5.12. The summed E-state index contributed by atoms with van der Waals surface area (Å²) in [5.41, 5.74) is 6.12. The Morgan fingerprint density at radius 2 is 2.16 bits per heavy atom. The molecule has 106 valence electrons. The lowest BCUT2D eigenvalue weighted by molar-refractivity contribution is 0.270. The van der Waals surface area contributed by atoms with E-state index in [0.717, 1.165) is 31.4 Å². The second-order valence-electron chi connectivity index (χ2n) is 6.54. The Labute approximate surface area is 115 Å². The van der Waals surface area contributed by atoms with Gasteiger partial charge in [0.15, 0.2) is 0 Å². The first-order chi connectivity index (χ1) is 9.20. The average molecular weight is 263 g/mol. The largest absolute Gasteiger partial charge is 0.339 e. The molecule has 5 nitrogen and oxygen atoms in total. The molecule has 5 heteroatoms. The summed E-state index contributed by atoms with van der Waals surface area (Å²) in [6, 6.07) is 0. The Hall–Kier alpha value is -1.10. The van der Waals surface area contributed by atoms with Crippen LogP contribution in [0.2, 0.25) is 0 Å². The highest BCUT2D eigenvalue weighted by atomic mass is 15.4. The third-order valence-electron chi connectivity index (χ3n) is 4.79. The van der Waals surface area contributed by atoms with Gasteiger partial charge in [-0.15, -0.1) is 5.10 Å². The molecule has 0 bridgehead atoms. The molecule has 2 aliphatic rings. The van der Waals surface area contributed by atoms with E-state index in [-0.39, 0.29) is 5.41 Å². The van der Waals surface area contributed by atoms with Gasteiger partial charge in [-0.3, -0.25) is 5.10 Å². The number of hydrogen-bond acceptors (Lipinski definition) is 4. The Balaban J connectivity index is 1.71. The van der Waals surface area contributed by atoms with Gasteiger partial charge in [-0.1, -0.05) is 19.8 Å². The normalized spacial score (nSPS) is 29.1. The van der Waals surface area contributed by atoms with Crippen LogP contribution >= 0.6 is 0 Å². The number of rotatable bonds is 3. The summed E-state index contributed by atoms with van der Waals surface area (Å²) in [6.07, 6.45) is 7.57. The fraction of sp³-hybridized carbons (Fsp3) is 0.857. The molecule has 1 aromatic heterocycles. The summed E-state index contributed by atoms with van der Waals surface area (Å²) in [5, 5.41) is 7.59. The SMILES string of the molecule is CC1(CN)CCCN(c2n[nH]c(C3CCCC3)n2)C1. The highest BCUT2D eigenvalue weighted by molar-refractivity contribution is 5.31. The maximum Gasteiger partial charge on any atom is 0.244 e. The molecule has 2 heterocycles. The van der Waals surface area contributed by atoms with Crippen LogP contribution < -0.4 is 10.6 Å². The van der Waals surface area contributed by atoms with Gasteiger partial charge in [-0.05, 0) is 37.6 Å². The third kappa shape index (κ3) is 2.61. The quantitative estimate of drug-likeness (QED) is 0.875. The molecule has 0 aromatic carbocycles. The van der Waals surface area contributed by atoms with E-state index in [4.69, 9.17) is 10.7 Å². The molecule has 0 spiro atoms. The van der Waals surface area contributed by atoms with Crippen molar-refractivity contribution in [3.05, 3.63) is 5.82 Å². The van der Waals surface area contributed by atoms with E-state index in [0.29, 0.717) is 5.92 Å². The van der Waals surface area contributed by atoms with Gasteiger partial charge in [-0.25, -0.2) is 0 Å². The van der Waals surface area contributed by atoms with Crippen LogP contribution in [0.1, 0.15) is 57.2 Å². The van der Waals surface area contributed by atoms with Gasteiger partial charge >= 0.3 is 0 Å². The Morgan fingerprint density at radius 3 is 2.89 bits per heavy atom. The Bertz CT molecular complexity index is 423. The lowest BCUT2D eigenvalue weighted by atomic mass is 9.82. The molecular formula is C14H25N5. The number of nitrogens with one attached hydrogen (secondary N) is 1. The van der Waals surface area contributed by atoms with Crippen LogP contribution in [0.15, 0.2) is 0 Å². The first kappa shape index (κ1) is 12.9. The highest BCUT2D eigenvalue weighted by Gasteiger charge is 2.31. The molecule has 0 radical (unpaired) electrons. The van der Waals surface area contributed by atoms with Crippen molar-refractivity contribution in [2.24, 2.45) is 11.1 Å². The Morgan fingerprint density at radius 1 is 1.37 bits per heavy atom. The molecule has 2 fully saturated rings. The predicted molar refractivity (Wildman–Crippen MR) is 76.2 cm³/mol. The van der Waals surface area contributed by atoms with Gasteiger partial charge in [0, 0.05) is 19.0 Å². The molecule has 1 aromatic rings. The van der Waals surface area contributed by atoms with Crippen molar-refractivity contribution in [2.75, 3.05) is 24.5 Å². The lowest BCUT2D eigenvalue weighted by Gasteiger charge is -2.39. The molecule has 19 heavy (non-hydrogen) atoms.